The number of hydrogen-bond acceptors (Lipinski definition) is 8. The van der Waals surface area contributed by atoms with Gasteiger partial charge in [-0.1, -0.05) is 12.1 Å². The minimum atomic E-state index is -4.09. The van der Waals surface area contributed by atoms with Crippen molar-refractivity contribution in [2.75, 3.05) is 29.9 Å². The topological polar surface area (TPSA) is 163 Å². The van der Waals surface area contributed by atoms with Crippen molar-refractivity contribution in [2.45, 2.75) is 4.90 Å². The van der Waals surface area contributed by atoms with Gasteiger partial charge in [-0.2, -0.15) is 0 Å². The van der Waals surface area contributed by atoms with Gasteiger partial charge in [-0.25, -0.2) is 13.2 Å². The molecule has 0 saturated heterocycles. The molecule has 186 valence electrons. The molecule has 0 radical (unpaired) electrons. The van der Waals surface area contributed by atoms with E-state index in [9.17, 15) is 22.8 Å². The summed E-state index contributed by atoms with van der Waals surface area (Å²) in [5, 5.41) is 2.51. The number of nitrogens with two attached hydrogens (primary N) is 1. The maximum absolute atomic E-state index is 12.9. The molecule has 0 unspecified atom stereocenters. The Morgan fingerprint density at radius 1 is 0.917 bits per heavy atom. The fraction of sp³-hybridized carbons (Fsp3) is 0.125. The van der Waals surface area contributed by atoms with Gasteiger partial charge in [0.15, 0.2) is 18.1 Å². The summed E-state index contributed by atoms with van der Waals surface area (Å²) in [6, 6.07) is 15.8. The van der Waals surface area contributed by atoms with Crippen molar-refractivity contribution < 1.29 is 37.0 Å². The number of fused-ring (bicyclic) bond motifs is 1. The number of benzene rings is 3. The van der Waals surface area contributed by atoms with Gasteiger partial charge in [0.25, 0.3) is 15.9 Å². The zero-order chi connectivity index (χ0) is 25.7. The Kier molecular flexibility index (Phi) is 7.06. The van der Waals surface area contributed by atoms with Crippen LogP contribution in [0.4, 0.5) is 11.4 Å². The first-order chi connectivity index (χ1) is 17.2. The molecule has 0 atom stereocenters. The average molecular weight is 512 g/mol. The van der Waals surface area contributed by atoms with Gasteiger partial charge in [0.05, 0.1) is 16.1 Å². The van der Waals surface area contributed by atoms with E-state index in [1.54, 1.807) is 6.07 Å². The zero-order valence-electron chi connectivity index (χ0n) is 18.7. The van der Waals surface area contributed by atoms with E-state index in [0.717, 1.165) is 0 Å². The van der Waals surface area contributed by atoms with Crippen LogP contribution in [0.2, 0.25) is 0 Å². The summed E-state index contributed by atoms with van der Waals surface area (Å²) in [7, 11) is -4.09. The summed E-state index contributed by atoms with van der Waals surface area (Å²) in [6.07, 6.45) is 0. The van der Waals surface area contributed by atoms with E-state index >= 15 is 0 Å². The largest absolute Gasteiger partial charge is 0.486 e. The van der Waals surface area contributed by atoms with E-state index < -0.39 is 34.4 Å². The fourth-order valence-corrected chi connectivity index (χ4v) is 4.36. The summed E-state index contributed by atoms with van der Waals surface area (Å²) >= 11 is 0. The Hall–Kier alpha value is -4.58. The predicted molar refractivity (Wildman–Crippen MR) is 129 cm³/mol. The molecule has 0 fully saturated rings. The number of para-hydroxylation sites is 1. The standard InChI is InChI=1S/C24H21N3O8S/c25-23(29)15-5-7-16(8-6-15)26-22(28)14-35-24(30)18-3-1-2-4-19(18)27-36(31,32)17-9-10-20-21(13-17)34-12-11-33-20/h1-10,13,27H,11-12,14H2,(H2,25,29)(H,26,28). The first-order valence-electron chi connectivity index (χ1n) is 10.6. The van der Waals surface area contributed by atoms with Crippen molar-refractivity contribution in [1.29, 1.82) is 0 Å². The molecule has 3 aromatic rings. The van der Waals surface area contributed by atoms with E-state index in [0.29, 0.717) is 30.4 Å². The minimum absolute atomic E-state index is 0.0279. The maximum atomic E-state index is 12.9. The number of ether oxygens (including phenoxy) is 3. The summed E-state index contributed by atoms with van der Waals surface area (Å²) in [5.41, 5.74) is 5.70. The van der Waals surface area contributed by atoms with Crippen molar-refractivity contribution in [3.8, 4) is 11.5 Å². The molecule has 1 heterocycles. The van der Waals surface area contributed by atoms with E-state index in [4.69, 9.17) is 19.9 Å². The van der Waals surface area contributed by atoms with Crippen molar-refractivity contribution in [3.63, 3.8) is 0 Å². The number of hydrogen-bond donors (Lipinski definition) is 3. The van der Waals surface area contributed by atoms with Crippen LogP contribution in [0.5, 0.6) is 11.5 Å². The van der Waals surface area contributed by atoms with Crippen molar-refractivity contribution >= 4 is 39.2 Å². The molecule has 0 aliphatic carbocycles. The number of carbonyl (C=O) groups is 3. The maximum Gasteiger partial charge on any atom is 0.340 e. The smallest absolute Gasteiger partial charge is 0.340 e. The lowest BCUT2D eigenvalue weighted by Gasteiger charge is -2.19. The normalized spacial score (nSPS) is 12.3. The summed E-state index contributed by atoms with van der Waals surface area (Å²) in [4.78, 5) is 35.8. The number of rotatable bonds is 8. The number of sulfonamides is 1. The van der Waals surface area contributed by atoms with Crippen LogP contribution in [0.3, 0.4) is 0 Å². The highest BCUT2D eigenvalue weighted by Gasteiger charge is 2.22. The second kappa shape index (κ2) is 10.4. The van der Waals surface area contributed by atoms with Gasteiger partial charge in [0.1, 0.15) is 13.2 Å². The Labute approximate surface area is 206 Å². The lowest BCUT2D eigenvalue weighted by molar-refractivity contribution is -0.119. The lowest BCUT2D eigenvalue weighted by Crippen LogP contribution is -2.22. The third-order valence-electron chi connectivity index (χ3n) is 5.00. The van der Waals surface area contributed by atoms with Crippen LogP contribution < -0.4 is 25.2 Å². The van der Waals surface area contributed by atoms with Crippen LogP contribution >= 0.6 is 0 Å². The molecule has 0 spiro atoms. The molecule has 0 bridgehead atoms. The number of nitrogens with one attached hydrogen (secondary N) is 2. The van der Waals surface area contributed by atoms with Gasteiger partial charge in [0.2, 0.25) is 5.91 Å². The molecule has 0 aromatic heterocycles. The third-order valence-corrected chi connectivity index (χ3v) is 6.37. The van der Waals surface area contributed by atoms with E-state index in [-0.39, 0.29) is 21.7 Å². The molecule has 4 rings (SSSR count). The molecule has 3 aromatic carbocycles. The first-order valence-corrected chi connectivity index (χ1v) is 12.1. The fourth-order valence-electron chi connectivity index (χ4n) is 3.27. The van der Waals surface area contributed by atoms with Crippen LogP contribution in [-0.2, 0) is 19.6 Å². The van der Waals surface area contributed by atoms with E-state index in [1.165, 1.54) is 60.7 Å². The van der Waals surface area contributed by atoms with E-state index in [2.05, 4.69) is 10.0 Å². The Bertz CT molecular complexity index is 1420. The Morgan fingerprint density at radius 3 is 2.33 bits per heavy atom. The summed E-state index contributed by atoms with van der Waals surface area (Å²) < 4.78 is 44.2. The molecule has 1 aliphatic heterocycles. The summed E-state index contributed by atoms with van der Waals surface area (Å²) in [5.74, 6) is -1.41. The van der Waals surface area contributed by atoms with Crippen molar-refractivity contribution in [1.82, 2.24) is 0 Å². The van der Waals surface area contributed by atoms with E-state index in [1.807, 2.05) is 0 Å². The second-order valence-corrected chi connectivity index (χ2v) is 9.20. The van der Waals surface area contributed by atoms with Crippen molar-refractivity contribution in [3.05, 3.63) is 77.9 Å². The summed E-state index contributed by atoms with van der Waals surface area (Å²) in [6.45, 7) is 0.0386. The monoisotopic (exact) mass is 511 g/mol. The van der Waals surface area contributed by atoms with Crippen LogP contribution in [0.1, 0.15) is 20.7 Å². The van der Waals surface area contributed by atoms with Gasteiger partial charge >= 0.3 is 5.97 Å². The predicted octanol–water partition coefficient (Wildman–Crippen LogP) is 2.15. The Morgan fingerprint density at radius 2 is 1.61 bits per heavy atom. The Balaban J connectivity index is 1.41. The zero-order valence-corrected chi connectivity index (χ0v) is 19.5. The number of anilines is 2. The van der Waals surface area contributed by atoms with Crippen molar-refractivity contribution in [2.24, 2.45) is 5.73 Å². The van der Waals surface area contributed by atoms with Gasteiger partial charge in [-0.15, -0.1) is 0 Å². The number of esters is 1. The van der Waals surface area contributed by atoms with Gasteiger partial charge in [-0.3, -0.25) is 14.3 Å². The van der Waals surface area contributed by atoms with Gasteiger partial charge < -0.3 is 25.3 Å². The SMILES string of the molecule is NC(=O)c1ccc(NC(=O)COC(=O)c2ccccc2NS(=O)(=O)c2ccc3c(c2)OCCO3)cc1. The van der Waals surface area contributed by atoms with Gasteiger partial charge in [0, 0.05) is 17.3 Å². The highest BCUT2D eigenvalue weighted by Crippen LogP contribution is 2.33. The van der Waals surface area contributed by atoms with Gasteiger partial charge in [-0.05, 0) is 48.5 Å². The molecule has 36 heavy (non-hydrogen) atoms. The second-order valence-electron chi connectivity index (χ2n) is 7.52. The lowest BCUT2D eigenvalue weighted by atomic mass is 10.2. The highest BCUT2D eigenvalue weighted by atomic mass is 32.2. The quantitative estimate of drug-likeness (QED) is 0.387. The average Bonchev–Trinajstić information content (AvgIpc) is 2.87. The molecule has 11 nitrogen and oxygen atoms in total. The molecule has 12 heteroatoms. The molecule has 2 amide bonds. The minimum Gasteiger partial charge on any atom is -0.486 e. The molecule has 4 N–H and O–H groups in total. The first kappa shape index (κ1) is 24.5. The number of carbonyl (C=O) groups excluding carboxylic acids is 3. The molecule has 1 aliphatic rings. The number of primary amides is 1. The third kappa shape index (κ3) is 5.73. The molecule has 0 saturated carbocycles. The molecular formula is C24H21N3O8S. The highest BCUT2D eigenvalue weighted by molar-refractivity contribution is 7.92. The number of amides is 2. The van der Waals surface area contributed by atoms with Crippen LogP contribution in [-0.4, -0.2) is 46.0 Å². The van der Waals surface area contributed by atoms with Crippen LogP contribution in [0, 0.1) is 0 Å². The van der Waals surface area contributed by atoms with Crippen LogP contribution in [0.15, 0.2) is 71.6 Å². The van der Waals surface area contributed by atoms with Crippen LogP contribution in [0.25, 0.3) is 0 Å². The molecular weight excluding hydrogens is 490 g/mol.